The monoisotopic (exact) mass is 225 g/mol. The molecule has 0 saturated carbocycles. The average Bonchev–Trinajstić information content (AvgIpc) is 2.67. The van der Waals surface area contributed by atoms with Crippen LogP contribution in [0.25, 0.3) is 17.3 Å². The molecule has 0 unspecified atom stereocenters. The number of fused-ring (bicyclic) bond motifs is 1. The van der Waals surface area contributed by atoms with Crippen LogP contribution in [-0.2, 0) is 13.5 Å². The van der Waals surface area contributed by atoms with Crippen molar-refractivity contribution < 1.29 is 0 Å². The Morgan fingerprint density at radius 3 is 2.71 bits per heavy atom. The van der Waals surface area contributed by atoms with E-state index in [1.165, 1.54) is 16.8 Å². The molecule has 1 aliphatic carbocycles. The highest BCUT2D eigenvalue weighted by Gasteiger charge is 2.18. The molecule has 1 aliphatic rings. The number of hydrogen-bond acceptors (Lipinski definition) is 2. The fraction of sp³-hybridized carbons (Fsp3) is 0.286. The van der Waals surface area contributed by atoms with Crippen LogP contribution in [0.1, 0.15) is 24.6 Å². The van der Waals surface area contributed by atoms with Crippen molar-refractivity contribution in [2.45, 2.75) is 19.8 Å². The van der Waals surface area contributed by atoms with E-state index < -0.39 is 0 Å². The smallest absolute Gasteiger partial charge is 0.0999 e. The predicted octanol–water partition coefficient (Wildman–Crippen LogP) is 2.83. The fourth-order valence-electron chi connectivity index (χ4n) is 2.38. The highest BCUT2D eigenvalue weighted by atomic mass is 15.3. The molecule has 0 aromatic carbocycles. The molecular weight excluding hydrogens is 210 g/mol. The third-order valence-electron chi connectivity index (χ3n) is 3.31. The quantitative estimate of drug-likeness (QED) is 0.747. The van der Waals surface area contributed by atoms with Crippen molar-refractivity contribution >= 4 is 6.08 Å². The summed E-state index contributed by atoms with van der Waals surface area (Å²) in [6, 6.07) is 4.03. The average molecular weight is 225 g/mol. The van der Waals surface area contributed by atoms with Gasteiger partial charge < -0.3 is 0 Å². The summed E-state index contributed by atoms with van der Waals surface area (Å²) in [5.41, 5.74) is 6.26. The van der Waals surface area contributed by atoms with E-state index in [-0.39, 0.29) is 0 Å². The van der Waals surface area contributed by atoms with Crippen LogP contribution in [-0.4, -0.2) is 14.8 Å². The van der Waals surface area contributed by atoms with Gasteiger partial charge in [-0.2, -0.15) is 5.10 Å². The Morgan fingerprint density at radius 1 is 1.18 bits per heavy atom. The van der Waals surface area contributed by atoms with Crippen molar-refractivity contribution in [2.75, 3.05) is 0 Å². The van der Waals surface area contributed by atoms with Crippen LogP contribution >= 0.6 is 0 Å². The highest BCUT2D eigenvalue weighted by Crippen LogP contribution is 2.31. The second kappa shape index (κ2) is 3.84. The molecule has 86 valence electrons. The van der Waals surface area contributed by atoms with Gasteiger partial charge >= 0.3 is 0 Å². The summed E-state index contributed by atoms with van der Waals surface area (Å²) in [5, 5.41) is 4.64. The van der Waals surface area contributed by atoms with Gasteiger partial charge in [0.15, 0.2) is 0 Å². The van der Waals surface area contributed by atoms with Gasteiger partial charge in [-0.05, 0) is 31.9 Å². The Bertz CT molecular complexity index is 579. The zero-order valence-corrected chi connectivity index (χ0v) is 10.1. The summed E-state index contributed by atoms with van der Waals surface area (Å²) in [7, 11) is 2.03. The van der Waals surface area contributed by atoms with E-state index in [1.807, 2.05) is 36.3 Å². The lowest BCUT2D eigenvalue weighted by atomic mass is 9.95. The second-order valence-electron chi connectivity index (χ2n) is 4.56. The number of aryl methyl sites for hydroxylation is 1. The molecule has 0 amide bonds. The van der Waals surface area contributed by atoms with E-state index in [9.17, 15) is 0 Å². The Balaban J connectivity index is 2.21. The van der Waals surface area contributed by atoms with E-state index >= 15 is 0 Å². The molecule has 0 spiro atoms. The van der Waals surface area contributed by atoms with Crippen LogP contribution in [0.2, 0.25) is 0 Å². The molecule has 0 bridgehead atoms. The Kier molecular flexibility index (Phi) is 2.32. The molecule has 3 rings (SSSR count). The van der Waals surface area contributed by atoms with Crippen molar-refractivity contribution in [3.05, 3.63) is 41.4 Å². The van der Waals surface area contributed by atoms with Crippen molar-refractivity contribution in [1.82, 2.24) is 14.8 Å². The van der Waals surface area contributed by atoms with Crippen molar-refractivity contribution in [3.63, 3.8) is 0 Å². The normalized spacial score (nSPS) is 14.4. The molecule has 2 aromatic heterocycles. The third kappa shape index (κ3) is 1.68. The minimum atomic E-state index is 1.07. The van der Waals surface area contributed by atoms with E-state index in [0.29, 0.717) is 0 Å². The van der Waals surface area contributed by atoms with Crippen LogP contribution in [0.4, 0.5) is 0 Å². The van der Waals surface area contributed by atoms with Gasteiger partial charge in [-0.15, -0.1) is 0 Å². The number of allylic oxidation sites excluding steroid dienone is 1. The molecule has 2 aromatic rings. The maximum Gasteiger partial charge on any atom is 0.0999 e. The first-order chi connectivity index (χ1) is 8.25. The number of aromatic nitrogens is 3. The van der Waals surface area contributed by atoms with Gasteiger partial charge in [0.25, 0.3) is 0 Å². The topological polar surface area (TPSA) is 30.7 Å². The lowest BCUT2D eigenvalue weighted by molar-refractivity contribution is 0.700. The summed E-state index contributed by atoms with van der Waals surface area (Å²) < 4.78 is 2.01. The number of hydrogen-bond donors (Lipinski definition) is 0. The van der Waals surface area contributed by atoms with Gasteiger partial charge in [-0.25, -0.2) is 0 Å². The highest BCUT2D eigenvalue weighted by molar-refractivity contribution is 5.75. The minimum absolute atomic E-state index is 1.07. The van der Waals surface area contributed by atoms with Crippen molar-refractivity contribution in [3.8, 4) is 11.3 Å². The first kappa shape index (κ1) is 10.3. The summed E-state index contributed by atoms with van der Waals surface area (Å²) in [4.78, 5) is 4.05. The first-order valence-electron chi connectivity index (χ1n) is 5.89. The number of nitrogens with zero attached hydrogens (tertiary/aromatic N) is 3. The molecular formula is C14H15N3. The Hall–Kier alpha value is -1.90. The Morgan fingerprint density at radius 2 is 1.94 bits per heavy atom. The van der Waals surface area contributed by atoms with Gasteiger partial charge in [0.05, 0.1) is 5.69 Å². The zero-order valence-electron chi connectivity index (χ0n) is 10.1. The summed E-state index contributed by atoms with van der Waals surface area (Å²) in [5.74, 6) is 0. The molecule has 3 heteroatoms. The van der Waals surface area contributed by atoms with E-state index in [1.54, 1.807) is 0 Å². The van der Waals surface area contributed by atoms with Crippen LogP contribution in [0.15, 0.2) is 30.1 Å². The number of rotatable bonds is 1. The molecule has 0 saturated heterocycles. The third-order valence-corrected chi connectivity index (χ3v) is 3.31. The minimum Gasteiger partial charge on any atom is -0.271 e. The lowest BCUT2D eigenvalue weighted by Crippen LogP contribution is -2.02. The molecule has 0 aliphatic heterocycles. The standard InChI is InChI=1S/C14H15N3/c1-10-3-4-13-12(9-10)14(16-17(13)2)11-5-7-15-8-6-11/h5-9H,3-4H2,1-2H3. The number of pyridine rings is 1. The van der Waals surface area contributed by atoms with E-state index in [2.05, 4.69) is 23.1 Å². The van der Waals surface area contributed by atoms with Gasteiger partial charge in [-0.1, -0.05) is 11.6 Å². The van der Waals surface area contributed by atoms with Crippen LogP contribution in [0.5, 0.6) is 0 Å². The van der Waals surface area contributed by atoms with Gasteiger partial charge in [0, 0.05) is 36.3 Å². The molecule has 2 heterocycles. The first-order valence-corrected chi connectivity index (χ1v) is 5.89. The second-order valence-corrected chi connectivity index (χ2v) is 4.56. The summed E-state index contributed by atoms with van der Waals surface area (Å²) in [6.07, 6.45) is 8.13. The van der Waals surface area contributed by atoms with Crippen LogP contribution in [0.3, 0.4) is 0 Å². The molecule has 17 heavy (non-hydrogen) atoms. The fourth-order valence-corrected chi connectivity index (χ4v) is 2.38. The summed E-state index contributed by atoms with van der Waals surface area (Å²) in [6.45, 7) is 2.19. The van der Waals surface area contributed by atoms with Gasteiger partial charge in [0.2, 0.25) is 0 Å². The molecule has 0 atom stereocenters. The molecule has 0 N–H and O–H groups in total. The maximum atomic E-state index is 4.64. The van der Waals surface area contributed by atoms with Crippen molar-refractivity contribution in [2.24, 2.45) is 7.05 Å². The lowest BCUT2D eigenvalue weighted by Gasteiger charge is -2.11. The molecule has 3 nitrogen and oxygen atoms in total. The molecule has 0 radical (unpaired) electrons. The SMILES string of the molecule is CC1=Cc2c(-c3ccncc3)nn(C)c2CC1. The van der Waals surface area contributed by atoms with Gasteiger partial charge in [0.1, 0.15) is 0 Å². The maximum absolute atomic E-state index is 4.64. The van der Waals surface area contributed by atoms with Crippen LogP contribution in [0, 0.1) is 0 Å². The largest absolute Gasteiger partial charge is 0.271 e. The Labute approximate surface area is 101 Å². The van der Waals surface area contributed by atoms with E-state index in [4.69, 9.17) is 0 Å². The zero-order chi connectivity index (χ0) is 11.8. The van der Waals surface area contributed by atoms with E-state index in [0.717, 1.165) is 24.1 Å². The summed E-state index contributed by atoms with van der Waals surface area (Å²) >= 11 is 0. The van der Waals surface area contributed by atoms with Crippen LogP contribution < -0.4 is 0 Å². The predicted molar refractivity (Wildman–Crippen MR) is 68.4 cm³/mol. The van der Waals surface area contributed by atoms with Crippen molar-refractivity contribution in [1.29, 1.82) is 0 Å². The molecule has 0 fully saturated rings. The van der Waals surface area contributed by atoms with Gasteiger partial charge in [-0.3, -0.25) is 9.67 Å².